The van der Waals surface area contributed by atoms with Crippen LogP contribution in [-0.2, 0) is 6.42 Å². The highest BCUT2D eigenvalue weighted by atomic mass is 32.2. The number of thioether (sulfide) groups is 2. The summed E-state index contributed by atoms with van der Waals surface area (Å²) >= 11 is 3.53. The summed E-state index contributed by atoms with van der Waals surface area (Å²) < 4.78 is 0. The fourth-order valence-corrected chi connectivity index (χ4v) is 1.86. The summed E-state index contributed by atoms with van der Waals surface area (Å²) in [5.74, 6) is 1.15. The van der Waals surface area contributed by atoms with Crippen LogP contribution in [0.1, 0.15) is 11.4 Å². The van der Waals surface area contributed by atoms with Crippen LogP contribution in [0.25, 0.3) is 0 Å². The number of aryl methyl sites for hydroxylation is 2. The van der Waals surface area contributed by atoms with Crippen molar-refractivity contribution >= 4 is 23.5 Å². The minimum Gasteiger partial charge on any atom is -0.337 e. The summed E-state index contributed by atoms with van der Waals surface area (Å²) in [4.78, 5) is 7.71. The van der Waals surface area contributed by atoms with E-state index in [4.69, 9.17) is 0 Å². The Morgan fingerprint density at radius 3 is 2.67 bits per heavy atom. The van der Waals surface area contributed by atoms with Gasteiger partial charge in [-0.25, -0.2) is 4.98 Å². The summed E-state index contributed by atoms with van der Waals surface area (Å²) in [5.41, 5.74) is 2.43. The molecule has 0 aliphatic heterocycles. The lowest BCUT2D eigenvalue weighted by molar-refractivity contribution is 1.00. The third-order valence-corrected chi connectivity index (χ3v) is 2.89. The second-order valence-electron chi connectivity index (χ2n) is 2.56. The maximum absolute atomic E-state index is 4.46. The van der Waals surface area contributed by atoms with Crippen molar-refractivity contribution in [1.82, 2.24) is 9.97 Å². The number of rotatable bonds is 4. The smallest absolute Gasteiger partial charge is 0.165 e. The van der Waals surface area contributed by atoms with Crippen LogP contribution in [0.4, 0.5) is 0 Å². The first kappa shape index (κ1) is 9.99. The molecule has 0 saturated carbocycles. The topological polar surface area (TPSA) is 28.7 Å². The van der Waals surface area contributed by atoms with Gasteiger partial charge in [0, 0.05) is 12.1 Å². The second kappa shape index (κ2) is 4.82. The third-order valence-electron chi connectivity index (χ3n) is 1.70. The van der Waals surface area contributed by atoms with Crippen molar-refractivity contribution in [2.45, 2.75) is 18.5 Å². The minimum absolute atomic E-state index is 1.03. The van der Waals surface area contributed by atoms with Gasteiger partial charge in [-0.15, -0.1) is 0 Å². The van der Waals surface area contributed by atoms with Crippen LogP contribution in [0.5, 0.6) is 0 Å². The minimum atomic E-state index is 1.03. The maximum Gasteiger partial charge on any atom is 0.165 e. The van der Waals surface area contributed by atoms with E-state index in [1.54, 1.807) is 11.8 Å². The molecule has 0 saturated heterocycles. The SMILES string of the molecule is CSCCc1nc(SC)[nH]c1C. The van der Waals surface area contributed by atoms with Gasteiger partial charge in [-0.2, -0.15) is 11.8 Å². The molecule has 68 valence electrons. The summed E-state index contributed by atoms with van der Waals surface area (Å²) in [6, 6.07) is 0. The fourth-order valence-electron chi connectivity index (χ4n) is 1.01. The Balaban J connectivity index is 2.64. The summed E-state index contributed by atoms with van der Waals surface area (Å²) in [6.07, 6.45) is 5.23. The van der Waals surface area contributed by atoms with Gasteiger partial charge in [-0.3, -0.25) is 0 Å². The van der Waals surface area contributed by atoms with Crippen molar-refractivity contribution in [1.29, 1.82) is 0 Å². The molecule has 0 bridgehead atoms. The molecule has 0 amide bonds. The van der Waals surface area contributed by atoms with Crippen molar-refractivity contribution in [2.24, 2.45) is 0 Å². The fraction of sp³-hybridized carbons (Fsp3) is 0.625. The van der Waals surface area contributed by atoms with E-state index in [1.807, 2.05) is 18.0 Å². The Kier molecular flexibility index (Phi) is 4.01. The van der Waals surface area contributed by atoms with Gasteiger partial charge in [-0.1, -0.05) is 11.8 Å². The molecular weight excluding hydrogens is 188 g/mol. The van der Waals surface area contributed by atoms with Gasteiger partial charge in [0.15, 0.2) is 5.16 Å². The first-order chi connectivity index (χ1) is 5.77. The van der Waals surface area contributed by atoms with E-state index >= 15 is 0 Å². The average molecular weight is 202 g/mol. The lowest BCUT2D eigenvalue weighted by Crippen LogP contribution is -1.90. The highest BCUT2D eigenvalue weighted by Gasteiger charge is 2.04. The third kappa shape index (κ3) is 2.45. The summed E-state index contributed by atoms with van der Waals surface area (Å²) in [5, 5.41) is 1.03. The van der Waals surface area contributed by atoms with Crippen molar-refractivity contribution in [3.63, 3.8) is 0 Å². The largest absolute Gasteiger partial charge is 0.337 e. The zero-order valence-corrected chi connectivity index (χ0v) is 9.31. The predicted octanol–water partition coefficient (Wildman–Crippen LogP) is 2.35. The zero-order chi connectivity index (χ0) is 8.97. The molecular formula is C8H14N2S2. The van der Waals surface area contributed by atoms with Gasteiger partial charge >= 0.3 is 0 Å². The Morgan fingerprint density at radius 2 is 2.17 bits per heavy atom. The molecule has 0 aromatic carbocycles. The summed E-state index contributed by atoms with van der Waals surface area (Å²) in [7, 11) is 0. The highest BCUT2D eigenvalue weighted by Crippen LogP contribution is 2.14. The van der Waals surface area contributed by atoms with Crippen LogP contribution >= 0.6 is 23.5 Å². The molecule has 0 unspecified atom stereocenters. The molecule has 1 aromatic heterocycles. The monoisotopic (exact) mass is 202 g/mol. The first-order valence-corrected chi connectivity index (χ1v) is 6.48. The number of hydrogen-bond donors (Lipinski definition) is 1. The van der Waals surface area contributed by atoms with E-state index in [0.717, 1.165) is 17.3 Å². The van der Waals surface area contributed by atoms with Gasteiger partial charge in [0.2, 0.25) is 0 Å². The molecule has 0 aliphatic rings. The molecule has 0 aliphatic carbocycles. The number of nitrogens with zero attached hydrogens (tertiary/aromatic N) is 1. The molecule has 1 N–H and O–H groups in total. The molecule has 0 radical (unpaired) electrons. The molecule has 4 heteroatoms. The first-order valence-electron chi connectivity index (χ1n) is 3.86. The number of H-pyrrole nitrogens is 1. The summed E-state index contributed by atoms with van der Waals surface area (Å²) in [6.45, 7) is 2.09. The van der Waals surface area contributed by atoms with Gasteiger partial charge in [-0.05, 0) is 25.2 Å². The Morgan fingerprint density at radius 1 is 1.42 bits per heavy atom. The lowest BCUT2D eigenvalue weighted by Gasteiger charge is -1.93. The molecule has 1 rings (SSSR count). The van der Waals surface area contributed by atoms with E-state index in [-0.39, 0.29) is 0 Å². The van der Waals surface area contributed by atoms with E-state index in [9.17, 15) is 0 Å². The van der Waals surface area contributed by atoms with Crippen LogP contribution in [0.2, 0.25) is 0 Å². The van der Waals surface area contributed by atoms with Gasteiger partial charge in [0.05, 0.1) is 5.69 Å². The van der Waals surface area contributed by atoms with E-state index in [1.165, 1.54) is 11.4 Å². The molecule has 0 fully saturated rings. The normalized spacial score (nSPS) is 10.6. The second-order valence-corrected chi connectivity index (χ2v) is 4.34. The van der Waals surface area contributed by atoms with Crippen LogP contribution in [0, 0.1) is 6.92 Å². The molecule has 1 aromatic rings. The van der Waals surface area contributed by atoms with E-state index < -0.39 is 0 Å². The van der Waals surface area contributed by atoms with Crippen LogP contribution in [0.15, 0.2) is 5.16 Å². The molecule has 0 atom stereocenters. The zero-order valence-electron chi connectivity index (χ0n) is 7.68. The van der Waals surface area contributed by atoms with Crippen molar-refractivity contribution in [3.8, 4) is 0 Å². The maximum atomic E-state index is 4.46. The number of nitrogens with one attached hydrogen (secondary N) is 1. The van der Waals surface area contributed by atoms with Crippen molar-refractivity contribution < 1.29 is 0 Å². The quantitative estimate of drug-likeness (QED) is 0.760. The molecule has 12 heavy (non-hydrogen) atoms. The number of aromatic nitrogens is 2. The van der Waals surface area contributed by atoms with Gasteiger partial charge in [0.1, 0.15) is 0 Å². The standard InChI is InChI=1S/C8H14N2S2/c1-6-7(4-5-11-2)10-8(9-6)12-3/h4-5H2,1-3H3,(H,9,10). The van der Waals surface area contributed by atoms with Crippen LogP contribution in [-0.4, -0.2) is 28.2 Å². The molecule has 2 nitrogen and oxygen atoms in total. The van der Waals surface area contributed by atoms with Crippen LogP contribution < -0.4 is 0 Å². The number of hydrogen-bond acceptors (Lipinski definition) is 3. The highest BCUT2D eigenvalue weighted by molar-refractivity contribution is 7.98. The average Bonchev–Trinajstić information content (AvgIpc) is 2.43. The Bertz CT molecular complexity index is 245. The number of imidazole rings is 1. The molecule has 0 spiro atoms. The van der Waals surface area contributed by atoms with Gasteiger partial charge in [0.25, 0.3) is 0 Å². The lowest BCUT2D eigenvalue weighted by atomic mass is 10.3. The van der Waals surface area contributed by atoms with Gasteiger partial charge < -0.3 is 4.98 Å². The predicted molar refractivity (Wildman–Crippen MR) is 57.2 cm³/mol. The van der Waals surface area contributed by atoms with Crippen LogP contribution in [0.3, 0.4) is 0 Å². The Labute approximate surface area is 81.9 Å². The Hall–Kier alpha value is -0.0900. The van der Waals surface area contributed by atoms with Crippen molar-refractivity contribution in [2.75, 3.05) is 18.3 Å². The number of aromatic amines is 1. The van der Waals surface area contributed by atoms with E-state index in [2.05, 4.69) is 23.1 Å². The van der Waals surface area contributed by atoms with Crippen molar-refractivity contribution in [3.05, 3.63) is 11.4 Å². The molecule has 1 heterocycles. The van der Waals surface area contributed by atoms with E-state index in [0.29, 0.717) is 0 Å².